The molecule has 0 nitrogen and oxygen atoms in total. The van der Waals surface area contributed by atoms with Gasteiger partial charge in [0.1, 0.15) is 0 Å². The molecule has 0 heterocycles. The van der Waals surface area contributed by atoms with Gasteiger partial charge < -0.3 is 27.0 Å². The van der Waals surface area contributed by atoms with Crippen molar-refractivity contribution < 1.29 is 90.1 Å². The summed E-state index contributed by atoms with van der Waals surface area (Å²) in [7, 11) is 0. The van der Waals surface area contributed by atoms with Crippen molar-refractivity contribution in [3.8, 4) is 0 Å². The van der Waals surface area contributed by atoms with Gasteiger partial charge in [-0.2, -0.15) is 0 Å². The van der Waals surface area contributed by atoms with Crippen molar-refractivity contribution in [1.29, 1.82) is 0 Å². The van der Waals surface area contributed by atoms with Crippen LogP contribution in [0, 0.1) is 0 Å². The topological polar surface area (TPSA) is 0 Å². The second-order valence-electron chi connectivity index (χ2n) is 0. The molecule has 0 aliphatic rings. The molecule has 0 spiro atoms. The Bertz CT molecular complexity index is 8.75. The van der Waals surface area contributed by atoms with Crippen molar-refractivity contribution >= 4 is 27.0 Å². The largest absolute Gasteiger partial charge is 2.00 e. The summed E-state index contributed by atoms with van der Waals surface area (Å²) < 4.78 is 0. The van der Waals surface area contributed by atoms with E-state index >= 15 is 0 Å². The molecule has 0 unspecified atom stereocenters. The van der Waals surface area contributed by atoms with E-state index in [0.29, 0.717) is 0 Å². The third kappa shape index (κ3) is 18.3. The molecule has 5 heteroatoms. The average Bonchev–Trinajstić information content (AvgIpc) is 0. The average molecular weight is 134 g/mol. The fourth-order valence-electron chi connectivity index (χ4n) is 0. The zero-order valence-corrected chi connectivity index (χ0v) is 11.4. The minimum Gasteiger partial charge on any atom is -2.00 e. The Morgan fingerprint density at radius 2 is 0.600 bits per heavy atom. The normalized spacial score (nSPS) is 0. The maximum Gasteiger partial charge on any atom is 1.00 e. The molecule has 0 bridgehead atoms. The van der Waals surface area contributed by atoms with Gasteiger partial charge in [-0.1, -0.05) is 0 Å². The van der Waals surface area contributed by atoms with Gasteiger partial charge in [0.05, 0.1) is 0 Å². The standard InChI is InChI=1S/3Na.2S/q3*+1;2*-2/p+1. The third-order valence-corrected chi connectivity index (χ3v) is 0. The van der Waals surface area contributed by atoms with Crippen LogP contribution in [-0.4, -0.2) is 0 Å². The molecule has 0 rings (SSSR count). The minimum atomic E-state index is 0. The quantitative estimate of drug-likeness (QED) is 0.289. The van der Waals surface area contributed by atoms with Crippen molar-refractivity contribution in [2.45, 2.75) is 0 Å². The van der Waals surface area contributed by atoms with Crippen LogP contribution < -0.4 is 88.7 Å². The SMILES string of the molecule is [H+].[Na+].[Na+].[Na+].[S-2].[S-2]. The molecule has 0 fully saturated rings. The van der Waals surface area contributed by atoms with Gasteiger partial charge in [-0.05, 0) is 0 Å². The molecular weight excluding hydrogens is 133 g/mol. The molecule has 0 atom stereocenters. The van der Waals surface area contributed by atoms with E-state index in [9.17, 15) is 0 Å². The monoisotopic (exact) mass is 134 g/mol. The summed E-state index contributed by atoms with van der Waals surface area (Å²) in [4.78, 5) is 0. The van der Waals surface area contributed by atoms with E-state index in [1.807, 2.05) is 0 Å². The van der Waals surface area contributed by atoms with Gasteiger partial charge >= 0.3 is 90.1 Å². The molecule has 0 aromatic carbocycles. The minimum absolute atomic E-state index is 0. The van der Waals surface area contributed by atoms with E-state index in [2.05, 4.69) is 0 Å². The summed E-state index contributed by atoms with van der Waals surface area (Å²) in [6, 6.07) is 0. The van der Waals surface area contributed by atoms with Crippen LogP contribution in [0.4, 0.5) is 0 Å². The van der Waals surface area contributed by atoms with Gasteiger partial charge in [0, 0.05) is 0 Å². The molecule has 0 amide bonds. The first-order chi connectivity index (χ1) is 0. The van der Waals surface area contributed by atoms with E-state index in [-0.39, 0.29) is 117 Å². The number of rotatable bonds is 0. The van der Waals surface area contributed by atoms with E-state index in [1.165, 1.54) is 0 Å². The molecule has 16 valence electrons. The summed E-state index contributed by atoms with van der Waals surface area (Å²) >= 11 is 0. The van der Waals surface area contributed by atoms with Crippen molar-refractivity contribution in [3.05, 3.63) is 0 Å². The van der Waals surface area contributed by atoms with Crippen LogP contribution in [0.1, 0.15) is 1.43 Å². The molecule has 0 saturated carbocycles. The first kappa shape index (κ1) is 37.7. The Labute approximate surface area is 114 Å². The van der Waals surface area contributed by atoms with Gasteiger partial charge in [-0.15, -0.1) is 0 Å². The van der Waals surface area contributed by atoms with Crippen LogP contribution in [0.5, 0.6) is 0 Å². The summed E-state index contributed by atoms with van der Waals surface area (Å²) in [6.07, 6.45) is 0. The van der Waals surface area contributed by atoms with Gasteiger partial charge in [-0.25, -0.2) is 0 Å². The van der Waals surface area contributed by atoms with Gasteiger partial charge in [0.2, 0.25) is 0 Å². The van der Waals surface area contributed by atoms with E-state index < -0.39 is 0 Å². The summed E-state index contributed by atoms with van der Waals surface area (Å²) in [5.41, 5.74) is 0. The van der Waals surface area contributed by atoms with Crippen molar-refractivity contribution in [3.63, 3.8) is 0 Å². The Morgan fingerprint density at radius 3 is 0.600 bits per heavy atom. The van der Waals surface area contributed by atoms with Crippen molar-refractivity contribution in [2.75, 3.05) is 0 Å². The third-order valence-electron chi connectivity index (χ3n) is 0. The first-order valence-corrected chi connectivity index (χ1v) is 0. The molecule has 0 aliphatic heterocycles. The molecule has 0 aromatic heterocycles. The van der Waals surface area contributed by atoms with Crippen LogP contribution in [0.2, 0.25) is 0 Å². The van der Waals surface area contributed by atoms with Crippen LogP contribution >= 0.6 is 0 Å². The van der Waals surface area contributed by atoms with Crippen molar-refractivity contribution in [2.24, 2.45) is 0 Å². The number of hydrogen-bond acceptors (Lipinski definition) is 0. The second-order valence-corrected chi connectivity index (χ2v) is 0. The Balaban J connectivity index is 0. The Hall–Kier alpha value is 3.70. The van der Waals surface area contributed by atoms with E-state index in [0.717, 1.165) is 0 Å². The molecule has 0 aromatic rings. The molecule has 0 aliphatic carbocycles. The van der Waals surface area contributed by atoms with Gasteiger partial charge in [-0.3, -0.25) is 0 Å². The maximum absolute atomic E-state index is 0. The summed E-state index contributed by atoms with van der Waals surface area (Å²) in [5.74, 6) is 0. The van der Waals surface area contributed by atoms with E-state index in [4.69, 9.17) is 0 Å². The van der Waals surface area contributed by atoms with Crippen LogP contribution in [-0.2, 0) is 27.0 Å². The maximum atomic E-state index is 0. The number of hydrogen-bond donors (Lipinski definition) is 0. The molecular formula is HNa3S2. The summed E-state index contributed by atoms with van der Waals surface area (Å²) in [5, 5.41) is 0. The van der Waals surface area contributed by atoms with Crippen LogP contribution in [0.25, 0.3) is 0 Å². The Morgan fingerprint density at radius 1 is 0.600 bits per heavy atom. The van der Waals surface area contributed by atoms with Gasteiger partial charge in [0.15, 0.2) is 0 Å². The van der Waals surface area contributed by atoms with Gasteiger partial charge in [0.25, 0.3) is 0 Å². The van der Waals surface area contributed by atoms with E-state index in [1.54, 1.807) is 0 Å². The fourth-order valence-corrected chi connectivity index (χ4v) is 0. The van der Waals surface area contributed by atoms with Crippen molar-refractivity contribution in [1.82, 2.24) is 0 Å². The van der Waals surface area contributed by atoms with Crippen LogP contribution in [0.3, 0.4) is 0 Å². The molecule has 5 heavy (non-hydrogen) atoms. The second kappa shape index (κ2) is 25.2. The molecule has 0 N–H and O–H groups in total. The first-order valence-electron chi connectivity index (χ1n) is 0. The predicted octanol–water partition coefficient (Wildman–Crippen LogP) is -8.88. The Kier molecular flexibility index (Phi) is 190. The zero-order valence-electron chi connectivity index (χ0n) is 4.82. The smallest absolute Gasteiger partial charge is 1.00 e. The van der Waals surface area contributed by atoms with Crippen LogP contribution in [0.15, 0.2) is 0 Å². The predicted molar refractivity (Wildman–Crippen MR) is 15.8 cm³/mol. The summed E-state index contributed by atoms with van der Waals surface area (Å²) in [6.45, 7) is 0. The zero-order chi connectivity index (χ0) is 0. The fraction of sp³-hybridized carbons (Fsp3) is 0. The molecule has 0 saturated heterocycles. The molecule has 0 radical (unpaired) electrons.